The molecule has 0 atom stereocenters. The normalized spacial score (nSPS) is 10.6. The minimum absolute atomic E-state index is 0.0594. The first kappa shape index (κ1) is 17.5. The molecule has 3 aromatic rings. The molecule has 0 unspecified atom stereocenters. The zero-order valence-corrected chi connectivity index (χ0v) is 15.0. The van der Waals surface area contributed by atoms with Crippen molar-refractivity contribution in [1.82, 2.24) is 15.1 Å². The number of amides is 1. The molecule has 3 rings (SSSR count). The van der Waals surface area contributed by atoms with Crippen molar-refractivity contribution in [3.63, 3.8) is 0 Å². The van der Waals surface area contributed by atoms with E-state index in [1.807, 2.05) is 35.1 Å². The summed E-state index contributed by atoms with van der Waals surface area (Å²) in [5.74, 6) is -0.0594. The molecule has 6 heteroatoms. The number of carbonyl (C=O) groups excluding carboxylic acids is 1. The zero-order chi connectivity index (χ0) is 17.6. The fraction of sp³-hybridized carbons (Fsp3) is 0.158. The summed E-state index contributed by atoms with van der Waals surface area (Å²) in [5, 5.41) is 8.08. The van der Waals surface area contributed by atoms with E-state index in [9.17, 15) is 4.79 Å². The van der Waals surface area contributed by atoms with Crippen molar-refractivity contribution in [2.24, 2.45) is 0 Å². The minimum atomic E-state index is -0.0594. The van der Waals surface area contributed by atoms with Crippen molar-refractivity contribution in [1.29, 1.82) is 0 Å². The Morgan fingerprint density at radius 2 is 1.84 bits per heavy atom. The Kier molecular flexibility index (Phi) is 5.74. The van der Waals surface area contributed by atoms with E-state index in [1.54, 1.807) is 24.4 Å². The lowest BCUT2D eigenvalue weighted by Gasteiger charge is -2.08. The van der Waals surface area contributed by atoms with Gasteiger partial charge in [-0.25, -0.2) is 0 Å². The van der Waals surface area contributed by atoms with Crippen LogP contribution in [0.2, 0.25) is 10.0 Å². The van der Waals surface area contributed by atoms with E-state index >= 15 is 0 Å². The molecule has 0 aliphatic heterocycles. The van der Waals surface area contributed by atoms with Gasteiger partial charge < -0.3 is 5.32 Å². The van der Waals surface area contributed by atoms with Crippen molar-refractivity contribution >= 4 is 29.1 Å². The van der Waals surface area contributed by atoms with Crippen molar-refractivity contribution in [2.45, 2.75) is 19.5 Å². The highest BCUT2D eigenvalue weighted by atomic mass is 35.5. The molecule has 0 bridgehead atoms. The van der Waals surface area contributed by atoms with Crippen molar-refractivity contribution in [3.8, 4) is 0 Å². The van der Waals surface area contributed by atoms with E-state index < -0.39 is 0 Å². The summed E-state index contributed by atoms with van der Waals surface area (Å²) in [6.07, 6.45) is 3.95. The fourth-order valence-electron chi connectivity index (χ4n) is 2.52. The standard InChI is InChI=1S/C19H17Cl2N3O/c20-17-6-5-14(10-18(17)21)11-19(25)22-12-15-3-1-4-16(9-15)13-24-8-2-7-23-24/h1-10H,11-13H2,(H,22,25). The zero-order valence-electron chi connectivity index (χ0n) is 13.5. The molecule has 0 saturated heterocycles. The maximum absolute atomic E-state index is 12.1. The van der Waals surface area contributed by atoms with Gasteiger partial charge in [-0.3, -0.25) is 9.48 Å². The van der Waals surface area contributed by atoms with Gasteiger partial charge in [0.25, 0.3) is 0 Å². The number of rotatable bonds is 6. The average Bonchev–Trinajstić information content (AvgIpc) is 3.10. The van der Waals surface area contributed by atoms with Crippen LogP contribution in [0.4, 0.5) is 0 Å². The maximum atomic E-state index is 12.1. The van der Waals surface area contributed by atoms with Gasteiger partial charge in [-0.2, -0.15) is 5.10 Å². The summed E-state index contributed by atoms with van der Waals surface area (Å²) < 4.78 is 1.86. The van der Waals surface area contributed by atoms with Crippen LogP contribution in [0, 0.1) is 0 Å². The largest absolute Gasteiger partial charge is 0.352 e. The molecule has 0 fully saturated rings. The molecule has 128 valence electrons. The maximum Gasteiger partial charge on any atom is 0.224 e. The Hall–Kier alpha value is -2.30. The Morgan fingerprint density at radius 3 is 2.60 bits per heavy atom. The first-order valence-electron chi connectivity index (χ1n) is 7.86. The van der Waals surface area contributed by atoms with E-state index in [2.05, 4.69) is 16.5 Å². The summed E-state index contributed by atoms with van der Waals surface area (Å²) in [4.78, 5) is 12.1. The van der Waals surface area contributed by atoms with Gasteiger partial charge in [0.2, 0.25) is 5.91 Å². The molecular weight excluding hydrogens is 357 g/mol. The van der Waals surface area contributed by atoms with E-state index in [0.717, 1.165) is 16.7 Å². The molecular formula is C19H17Cl2N3O. The number of hydrogen-bond donors (Lipinski definition) is 1. The molecule has 1 heterocycles. The van der Waals surface area contributed by atoms with Crippen LogP contribution in [0.5, 0.6) is 0 Å². The molecule has 4 nitrogen and oxygen atoms in total. The third kappa shape index (κ3) is 5.08. The third-order valence-electron chi connectivity index (χ3n) is 3.73. The molecule has 0 saturated carbocycles. The number of nitrogens with one attached hydrogen (secondary N) is 1. The van der Waals surface area contributed by atoms with E-state index in [0.29, 0.717) is 23.1 Å². The highest BCUT2D eigenvalue weighted by molar-refractivity contribution is 6.42. The van der Waals surface area contributed by atoms with Crippen LogP contribution in [-0.4, -0.2) is 15.7 Å². The first-order valence-corrected chi connectivity index (χ1v) is 8.61. The van der Waals surface area contributed by atoms with Crippen LogP contribution in [0.25, 0.3) is 0 Å². The summed E-state index contributed by atoms with van der Waals surface area (Å²) >= 11 is 11.9. The van der Waals surface area contributed by atoms with Crippen LogP contribution in [0.3, 0.4) is 0 Å². The molecule has 1 N–H and O–H groups in total. The topological polar surface area (TPSA) is 46.9 Å². The number of carbonyl (C=O) groups is 1. The number of aromatic nitrogens is 2. The molecule has 0 radical (unpaired) electrons. The third-order valence-corrected chi connectivity index (χ3v) is 4.47. The predicted molar refractivity (Wildman–Crippen MR) is 99.8 cm³/mol. The molecule has 1 aromatic heterocycles. The monoisotopic (exact) mass is 373 g/mol. The number of hydrogen-bond acceptors (Lipinski definition) is 2. The second-order valence-corrected chi connectivity index (χ2v) is 6.54. The number of benzene rings is 2. The van der Waals surface area contributed by atoms with Crippen molar-refractivity contribution < 1.29 is 4.79 Å². The van der Waals surface area contributed by atoms with Gasteiger partial charge in [0.05, 0.1) is 23.0 Å². The lowest BCUT2D eigenvalue weighted by Crippen LogP contribution is -2.24. The average molecular weight is 374 g/mol. The SMILES string of the molecule is O=C(Cc1ccc(Cl)c(Cl)c1)NCc1cccc(Cn2cccn2)c1. The second-order valence-electron chi connectivity index (χ2n) is 5.73. The molecule has 0 spiro atoms. The van der Waals surface area contributed by atoms with Crippen LogP contribution in [0.15, 0.2) is 60.9 Å². The first-order chi connectivity index (χ1) is 12.1. The molecule has 25 heavy (non-hydrogen) atoms. The van der Waals surface area contributed by atoms with Crippen molar-refractivity contribution in [2.75, 3.05) is 0 Å². The molecule has 1 amide bonds. The Morgan fingerprint density at radius 1 is 1.00 bits per heavy atom. The van der Waals surface area contributed by atoms with Gasteiger partial charge in [0, 0.05) is 18.9 Å². The van der Waals surface area contributed by atoms with E-state index in [-0.39, 0.29) is 12.3 Å². The predicted octanol–water partition coefficient (Wildman–Crippen LogP) is 4.10. The lowest BCUT2D eigenvalue weighted by atomic mass is 10.1. The number of nitrogens with zero attached hydrogens (tertiary/aromatic N) is 2. The molecule has 2 aromatic carbocycles. The fourth-order valence-corrected chi connectivity index (χ4v) is 2.84. The number of halogens is 2. The Balaban J connectivity index is 1.55. The summed E-state index contributed by atoms with van der Waals surface area (Å²) in [7, 11) is 0. The Labute approximate surface area is 156 Å². The van der Waals surface area contributed by atoms with Gasteiger partial charge in [-0.15, -0.1) is 0 Å². The summed E-state index contributed by atoms with van der Waals surface area (Å²) in [5.41, 5.74) is 3.02. The lowest BCUT2D eigenvalue weighted by molar-refractivity contribution is -0.120. The van der Waals surface area contributed by atoms with Gasteiger partial charge in [0.15, 0.2) is 0 Å². The summed E-state index contributed by atoms with van der Waals surface area (Å²) in [6.45, 7) is 1.19. The molecule has 0 aliphatic rings. The highest BCUT2D eigenvalue weighted by Crippen LogP contribution is 2.22. The van der Waals surface area contributed by atoms with Gasteiger partial charge >= 0.3 is 0 Å². The second kappa shape index (κ2) is 8.19. The summed E-state index contributed by atoms with van der Waals surface area (Å²) in [6, 6.07) is 15.2. The van der Waals surface area contributed by atoms with Crippen LogP contribution < -0.4 is 5.32 Å². The van der Waals surface area contributed by atoms with Crippen LogP contribution in [0.1, 0.15) is 16.7 Å². The van der Waals surface area contributed by atoms with Gasteiger partial charge in [-0.05, 0) is 34.9 Å². The smallest absolute Gasteiger partial charge is 0.224 e. The molecule has 0 aliphatic carbocycles. The quantitative estimate of drug-likeness (QED) is 0.706. The minimum Gasteiger partial charge on any atom is -0.352 e. The van der Waals surface area contributed by atoms with E-state index in [1.165, 1.54) is 0 Å². The van der Waals surface area contributed by atoms with Crippen molar-refractivity contribution in [3.05, 3.63) is 87.7 Å². The van der Waals surface area contributed by atoms with E-state index in [4.69, 9.17) is 23.2 Å². The van der Waals surface area contributed by atoms with Crippen LogP contribution >= 0.6 is 23.2 Å². The van der Waals surface area contributed by atoms with Gasteiger partial charge in [-0.1, -0.05) is 53.5 Å². The Bertz CT molecular complexity index is 863. The van der Waals surface area contributed by atoms with Crippen LogP contribution in [-0.2, 0) is 24.3 Å². The van der Waals surface area contributed by atoms with Gasteiger partial charge in [0.1, 0.15) is 0 Å². The highest BCUT2D eigenvalue weighted by Gasteiger charge is 2.06.